The topological polar surface area (TPSA) is 37.3 Å². The van der Waals surface area contributed by atoms with Gasteiger partial charge >= 0.3 is 5.97 Å². The molecule has 0 saturated heterocycles. The SMILES string of the molecule is CCCCCCCCCCCCCCCCCCCC[N+](C)(C)C(C)(C)C(=O)O. The van der Waals surface area contributed by atoms with Crippen LogP contribution in [0.4, 0.5) is 0 Å². The van der Waals surface area contributed by atoms with Crippen LogP contribution in [0.3, 0.4) is 0 Å². The highest BCUT2D eigenvalue weighted by atomic mass is 16.4. The number of aliphatic carboxylic acids is 1. The van der Waals surface area contributed by atoms with E-state index >= 15 is 0 Å². The number of hydrogen-bond acceptors (Lipinski definition) is 1. The van der Waals surface area contributed by atoms with Gasteiger partial charge in [0.25, 0.3) is 0 Å². The van der Waals surface area contributed by atoms with Gasteiger partial charge in [-0.2, -0.15) is 0 Å². The van der Waals surface area contributed by atoms with Crippen molar-refractivity contribution in [2.75, 3.05) is 20.6 Å². The summed E-state index contributed by atoms with van der Waals surface area (Å²) in [5, 5.41) is 9.41. The number of likely N-dealkylation sites (N-methyl/N-ethyl adjacent to an activating group) is 1. The van der Waals surface area contributed by atoms with Crippen LogP contribution in [0.5, 0.6) is 0 Å². The second-order valence-corrected chi connectivity index (χ2v) is 10.3. The zero-order valence-corrected chi connectivity index (χ0v) is 20.7. The predicted octanol–water partition coefficient (Wildman–Crippen LogP) is 7.97. The van der Waals surface area contributed by atoms with Gasteiger partial charge < -0.3 is 9.59 Å². The molecule has 0 saturated carbocycles. The summed E-state index contributed by atoms with van der Waals surface area (Å²) in [7, 11) is 4.09. The molecule has 0 unspecified atom stereocenters. The molecule has 3 nitrogen and oxygen atoms in total. The molecule has 0 bridgehead atoms. The van der Waals surface area contributed by atoms with Crippen molar-refractivity contribution in [3.05, 3.63) is 0 Å². The number of quaternary nitrogens is 1. The molecule has 0 heterocycles. The lowest BCUT2D eigenvalue weighted by Crippen LogP contribution is -2.60. The average Bonchev–Trinajstić information content (AvgIpc) is 2.66. The maximum Gasteiger partial charge on any atom is 0.365 e. The van der Waals surface area contributed by atoms with E-state index in [0.717, 1.165) is 13.0 Å². The van der Waals surface area contributed by atoms with Crippen LogP contribution in [0.1, 0.15) is 136 Å². The minimum atomic E-state index is -0.714. The van der Waals surface area contributed by atoms with Gasteiger partial charge in [-0.15, -0.1) is 0 Å². The monoisotopic (exact) mass is 412 g/mol. The van der Waals surface area contributed by atoms with Gasteiger partial charge in [0.05, 0.1) is 20.6 Å². The highest BCUT2D eigenvalue weighted by Gasteiger charge is 2.43. The van der Waals surface area contributed by atoms with Crippen LogP contribution >= 0.6 is 0 Å². The highest BCUT2D eigenvalue weighted by molar-refractivity contribution is 5.76. The third-order valence-corrected chi connectivity index (χ3v) is 7.11. The molecule has 0 amide bonds. The fourth-order valence-corrected chi connectivity index (χ4v) is 3.95. The van der Waals surface area contributed by atoms with E-state index in [0.29, 0.717) is 4.48 Å². The van der Waals surface area contributed by atoms with Gasteiger partial charge in [0.2, 0.25) is 0 Å². The normalized spacial score (nSPS) is 12.4. The van der Waals surface area contributed by atoms with Crippen LogP contribution in [0.15, 0.2) is 0 Å². The van der Waals surface area contributed by atoms with E-state index in [2.05, 4.69) is 6.92 Å². The van der Waals surface area contributed by atoms with Crippen molar-refractivity contribution < 1.29 is 14.4 Å². The summed E-state index contributed by atoms with van der Waals surface area (Å²) < 4.78 is 0.557. The van der Waals surface area contributed by atoms with Crippen LogP contribution in [0.2, 0.25) is 0 Å². The maximum atomic E-state index is 11.4. The Morgan fingerprint density at radius 1 is 0.621 bits per heavy atom. The molecule has 1 N–H and O–H groups in total. The first kappa shape index (κ1) is 28.4. The molecule has 3 heteroatoms. The molecule has 0 fully saturated rings. The minimum absolute atomic E-state index is 0.557. The van der Waals surface area contributed by atoms with Crippen LogP contribution in [0, 0.1) is 0 Å². The standard InChI is InChI=1S/C26H53NO2/c1-6-7-8-9-10-11-12-13-14-15-16-17-18-19-20-21-22-23-24-27(4,5)26(2,3)25(28)29/h6-24H2,1-5H3/p+1. The molecular weight excluding hydrogens is 358 g/mol. The zero-order chi connectivity index (χ0) is 22.0. The van der Waals surface area contributed by atoms with E-state index in [-0.39, 0.29) is 0 Å². The Hall–Kier alpha value is -0.570. The Balaban J connectivity index is 3.35. The lowest BCUT2D eigenvalue weighted by Gasteiger charge is -2.41. The van der Waals surface area contributed by atoms with Gasteiger partial charge in [-0.1, -0.05) is 110 Å². The average molecular weight is 413 g/mol. The van der Waals surface area contributed by atoms with Crippen molar-refractivity contribution in [1.82, 2.24) is 0 Å². The van der Waals surface area contributed by atoms with Crippen molar-refractivity contribution in [2.45, 2.75) is 142 Å². The largest absolute Gasteiger partial charge is 0.477 e. The molecule has 0 atom stereocenters. The fourth-order valence-electron chi connectivity index (χ4n) is 3.95. The number of nitrogens with zero attached hydrogens (tertiary/aromatic N) is 1. The Bertz CT molecular complexity index is 390. The van der Waals surface area contributed by atoms with E-state index in [4.69, 9.17) is 0 Å². The smallest absolute Gasteiger partial charge is 0.365 e. The quantitative estimate of drug-likeness (QED) is 0.153. The first-order valence-electron chi connectivity index (χ1n) is 12.8. The Morgan fingerprint density at radius 2 is 0.897 bits per heavy atom. The second kappa shape index (κ2) is 17.1. The summed E-state index contributed by atoms with van der Waals surface area (Å²) in [6.07, 6.45) is 24.9. The molecular formula is C26H54NO2+. The molecule has 0 radical (unpaired) electrons. The Kier molecular flexibility index (Phi) is 16.8. The van der Waals surface area contributed by atoms with Crippen molar-refractivity contribution in [3.63, 3.8) is 0 Å². The van der Waals surface area contributed by atoms with Crippen LogP contribution in [-0.4, -0.2) is 41.7 Å². The van der Waals surface area contributed by atoms with E-state index in [1.165, 1.54) is 109 Å². The molecule has 0 aromatic heterocycles. The first-order valence-corrected chi connectivity index (χ1v) is 12.8. The lowest BCUT2D eigenvalue weighted by molar-refractivity contribution is -0.928. The summed E-state index contributed by atoms with van der Waals surface area (Å²) in [5.74, 6) is -0.704. The van der Waals surface area contributed by atoms with Crippen molar-refractivity contribution in [1.29, 1.82) is 0 Å². The summed E-state index contributed by atoms with van der Waals surface area (Å²) in [6.45, 7) is 6.90. The molecule has 0 aliphatic heterocycles. The van der Waals surface area contributed by atoms with Gasteiger partial charge in [-0.25, -0.2) is 4.79 Å². The summed E-state index contributed by atoms with van der Waals surface area (Å²) in [4.78, 5) is 11.4. The minimum Gasteiger partial charge on any atom is -0.477 e. The maximum absolute atomic E-state index is 11.4. The van der Waals surface area contributed by atoms with Gasteiger partial charge in [-0.05, 0) is 12.8 Å². The number of hydrogen-bond donors (Lipinski definition) is 1. The lowest BCUT2D eigenvalue weighted by atomic mass is 9.99. The number of carboxylic acids is 1. The first-order chi connectivity index (χ1) is 13.8. The molecule has 0 aromatic rings. The van der Waals surface area contributed by atoms with E-state index in [1.807, 2.05) is 27.9 Å². The molecule has 174 valence electrons. The summed E-state index contributed by atoms with van der Waals surface area (Å²) in [5.41, 5.74) is -0.714. The van der Waals surface area contributed by atoms with Crippen LogP contribution in [-0.2, 0) is 4.79 Å². The van der Waals surface area contributed by atoms with Crippen molar-refractivity contribution in [3.8, 4) is 0 Å². The van der Waals surface area contributed by atoms with E-state index < -0.39 is 11.5 Å². The third kappa shape index (κ3) is 14.1. The van der Waals surface area contributed by atoms with E-state index in [1.54, 1.807) is 0 Å². The van der Waals surface area contributed by atoms with Crippen LogP contribution < -0.4 is 0 Å². The second-order valence-electron chi connectivity index (χ2n) is 10.3. The zero-order valence-electron chi connectivity index (χ0n) is 20.7. The molecule has 0 spiro atoms. The molecule has 0 aromatic carbocycles. The Labute approximate surface area is 183 Å². The fraction of sp³-hybridized carbons (Fsp3) is 0.962. The number of carboxylic acid groups (broad SMARTS) is 1. The highest BCUT2D eigenvalue weighted by Crippen LogP contribution is 2.22. The molecule has 0 aliphatic rings. The predicted molar refractivity (Wildman–Crippen MR) is 127 cm³/mol. The van der Waals surface area contributed by atoms with Gasteiger partial charge in [0.15, 0.2) is 5.54 Å². The molecule has 0 rings (SSSR count). The number of carbonyl (C=O) groups is 1. The van der Waals surface area contributed by atoms with Gasteiger partial charge in [-0.3, -0.25) is 0 Å². The summed E-state index contributed by atoms with van der Waals surface area (Å²) in [6, 6.07) is 0. The van der Waals surface area contributed by atoms with E-state index in [9.17, 15) is 9.90 Å². The molecule has 0 aliphatic carbocycles. The van der Waals surface area contributed by atoms with Crippen molar-refractivity contribution >= 4 is 5.97 Å². The van der Waals surface area contributed by atoms with Crippen molar-refractivity contribution in [2.24, 2.45) is 0 Å². The Morgan fingerprint density at radius 3 is 1.17 bits per heavy atom. The summed E-state index contributed by atoms with van der Waals surface area (Å²) >= 11 is 0. The molecule has 29 heavy (non-hydrogen) atoms. The number of unbranched alkanes of at least 4 members (excludes halogenated alkanes) is 17. The van der Waals surface area contributed by atoms with Crippen LogP contribution in [0.25, 0.3) is 0 Å². The number of rotatable bonds is 21. The van der Waals surface area contributed by atoms with Gasteiger partial charge in [0.1, 0.15) is 0 Å². The third-order valence-electron chi connectivity index (χ3n) is 7.11. The van der Waals surface area contributed by atoms with Gasteiger partial charge in [0, 0.05) is 13.8 Å².